The normalized spacial score (nSPS) is 10.7. The number of nitrogens with one attached hydrogen (secondary N) is 1. The van der Waals surface area contributed by atoms with E-state index in [1.807, 2.05) is 42.5 Å². The summed E-state index contributed by atoms with van der Waals surface area (Å²) in [6, 6.07) is 18.1. The number of hydrogen-bond donors (Lipinski definition) is 1. The Balaban J connectivity index is 1.51. The van der Waals surface area contributed by atoms with E-state index in [1.54, 1.807) is 18.2 Å². The van der Waals surface area contributed by atoms with E-state index in [9.17, 15) is 9.59 Å². The van der Waals surface area contributed by atoms with Crippen molar-refractivity contribution in [1.82, 2.24) is 14.5 Å². The molecule has 150 valence electrons. The summed E-state index contributed by atoms with van der Waals surface area (Å²) in [4.78, 5) is 33.3. The van der Waals surface area contributed by atoms with Crippen molar-refractivity contribution < 1.29 is 9.53 Å². The number of nitrogens with zero attached hydrogens (tertiary/aromatic N) is 3. The Morgan fingerprint density at radius 3 is 2.57 bits per heavy atom. The Hall–Kier alpha value is -3.71. The molecule has 0 saturated carbocycles. The molecule has 0 fully saturated rings. The van der Waals surface area contributed by atoms with Gasteiger partial charge in [0.05, 0.1) is 23.8 Å². The highest BCUT2D eigenvalue weighted by Gasteiger charge is 2.10. The molecule has 0 radical (unpaired) electrons. The second-order valence-electron chi connectivity index (χ2n) is 6.59. The average Bonchev–Trinajstić information content (AvgIpc) is 2.77. The van der Waals surface area contributed by atoms with Gasteiger partial charge in [0.2, 0.25) is 0 Å². The van der Waals surface area contributed by atoms with Gasteiger partial charge in [-0.1, -0.05) is 54.1 Å². The fraction of sp³-hybridized carbons (Fsp3) is 0.0909. The molecule has 30 heavy (non-hydrogen) atoms. The third-order valence-electron chi connectivity index (χ3n) is 4.40. The summed E-state index contributed by atoms with van der Waals surface area (Å²) in [7, 11) is 0. The molecule has 0 aliphatic heterocycles. The summed E-state index contributed by atoms with van der Waals surface area (Å²) in [5.74, 6) is 0. The molecule has 4 aromatic rings. The summed E-state index contributed by atoms with van der Waals surface area (Å²) in [6.07, 6.45) is 2.25. The van der Waals surface area contributed by atoms with Crippen LogP contribution in [0.1, 0.15) is 11.1 Å². The van der Waals surface area contributed by atoms with Crippen LogP contribution in [-0.4, -0.2) is 20.6 Å². The Kier molecular flexibility index (Phi) is 5.72. The van der Waals surface area contributed by atoms with Gasteiger partial charge in [-0.15, -0.1) is 0 Å². The van der Waals surface area contributed by atoms with Crippen molar-refractivity contribution in [3.05, 3.63) is 99.7 Å². The molecule has 8 heteroatoms. The van der Waals surface area contributed by atoms with Gasteiger partial charge in [-0.2, -0.15) is 0 Å². The van der Waals surface area contributed by atoms with Gasteiger partial charge in [0.1, 0.15) is 12.9 Å². The van der Waals surface area contributed by atoms with E-state index in [0.29, 0.717) is 28.3 Å². The van der Waals surface area contributed by atoms with Crippen LogP contribution in [-0.2, 0) is 17.9 Å². The van der Waals surface area contributed by atoms with Crippen LogP contribution in [0, 0.1) is 0 Å². The second-order valence-corrected chi connectivity index (χ2v) is 7.02. The number of pyridine rings is 1. The number of fused-ring (bicyclic) bond motifs is 1. The molecule has 7 nitrogen and oxygen atoms in total. The minimum atomic E-state index is -0.634. The van der Waals surface area contributed by atoms with Crippen molar-refractivity contribution in [3.63, 3.8) is 0 Å². The van der Waals surface area contributed by atoms with Crippen molar-refractivity contribution in [3.8, 4) is 0 Å². The monoisotopic (exact) mass is 420 g/mol. The van der Waals surface area contributed by atoms with Gasteiger partial charge < -0.3 is 4.74 Å². The summed E-state index contributed by atoms with van der Waals surface area (Å²) >= 11 is 5.91. The number of ether oxygens (including phenoxy) is 1. The minimum absolute atomic E-state index is 0.142. The zero-order chi connectivity index (χ0) is 20.9. The first-order valence-corrected chi connectivity index (χ1v) is 9.53. The highest BCUT2D eigenvalue weighted by atomic mass is 35.5. The van der Waals surface area contributed by atoms with Crippen LogP contribution in [0.15, 0.2) is 78.0 Å². The molecule has 0 atom stereocenters. The van der Waals surface area contributed by atoms with Gasteiger partial charge in [0.25, 0.3) is 5.56 Å². The van der Waals surface area contributed by atoms with E-state index in [1.165, 1.54) is 17.1 Å². The van der Waals surface area contributed by atoms with Gasteiger partial charge in [0.15, 0.2) is 5.65 Å². The molecular formula is C22H17ClN4O3. The predicted octanol–water partition coefficient (Wildman–Crippen LogP) is 4.24. The maximum atomic E-state index is 12.9. The number of carbonyl (C=O) groups is 1. The van der Waals surface area contributed by atoms with Crippen molar-refractivity contribution in [2.24, 2.45) is 0 Å². The molecular weight excluding hydrogens is 404 g/mol. The van der Waals surface area contributed by atoms with Gasteiger partial charge in [-0.05, 0) is 29.3 Å². The van der Waals surface area contributed by atoms with Gasteiger partial charge >= 0.3 is 6.09 Å². The number of anilines is 1. The lowest BCUT2D eigenvalue weighted by Crippen LogP contribution is -2.22. The quantitative estimate of drug-likeness (QED) is 0.521. The van der Waals surface area contributed by atoms with E-state index < -0.39 is 6.09 Å². The minimum Gasteiger partial charge on any atom is -0.444 e. The lowest BCUT2D eigenvalue weighted by Gasteiger charge is -2.09. The zero-order valence-electron chi connectivity index (χ0n) is 15.8. The van der Waals surface area contributed by atoms with Crippen molar-refractivity contribution in [1.29, 1.82) is 0 Å². The first kappa shape index (κ1) is 19.6. The van der Waals surface area contributed by atoms with E-state index in [2.05, 4.69) is 15.3 Å². The molecule has 4 rings (SSSR count). The van der Waals surface area contributed by atoms with Crippen LogP contribution < -0.4 is 10.9 Å². The summed E-state index contributed by atoms with van der Waals surface area (Å²) in [6.45, 7) is 0.485. The Labute approximate surface area is 176 Å². The van der Waals surface area contributed by atoms with Crippen LogP contribution in [0.2, 0.25) is 5.02 Å². The second kappa shape index (κ2) is 8.75. The number of rotatable bonds is 5. The molecule has 1 amide bonds. The number of carbonyl (C=O) groups excluding carboxylic acids is 1. The summed E-state index contributed by atoms with van der Waals surface area (Å²) in [5.41, 5.74) is 2.18. The van der Waals surface area contributed by atoms with Crippen molar-refractivity contribution in [2.75, 3.05) is 5.32 Å². The summed E-state index contributed by atoms with van der Waals surface area (Å²) < 4.78 is 6.68. The standard InChI is InChI=1S/C22H17ClN4O3/c23-17-8-6-15(7-9-17)12-27-14-25-20-19(21(27)28)10-18(11-24-20)26-22(29)30-13-16-4-2-1-3-5-16/h1-11,14H,12-13H2,(H,26,29). The maximum absolute atomic E-state index is 12.9. The SMILES string of the molecule is O=C(Nc1cnc2ncn(Cc3ccc(Cl)cc3)c(=O)c2c1)OCc1ccccc1. The van der Waals surface area contributed by atoms with Crippen LogP contribution in [0.25, 0.3) is 11.0 Å². The Bertz CT molecular complexity index is 1240. The van der Waals surface area contributed by atoms with Gasteiger partial charge in [-0.25, -0.2) is 14.8 Å². The van der Waals surface area contributed by atoms with Gasteiger partial charge in [0, 0.05) is 5.02 Å². The molecule has 2 heterocycles. The lowest BCUT2D eigenvalue weighted by molar-refractivity contribution is 0.155. The molecule has 0 spiro atoms. The predicted molar refractivity (Wildman–Crippen MR) is 115 cm³/mol. The third-order valence-corrected chi connectivity index (χ3v) is 4.65. The van der Waals surface area contributed by atoms with Crippen molar-refractivity contribution >= 4 is 34.4 Å². The van der Waals surface area contributed by atoms with Crippen LogP contribution in [0.3, 0.4) is 0 Å². The van der Waals surface area contributed by atoms with E-state index >= 15 is 0 Å². The number of amides is 1. The molecule has 2 aromatic carbocycles. The number of aromatic nitrogens is 3. The smallest absolute Gasteiger partial charge is 0.412 e. The third kappa shape index (κ3) is 4.64. The van der Waals surface area contributed by atoms with Crippen LogP contribution >= 0.6 is 11.6 Å². The first-order valence-electron chi connectivity index (χ1n) is 9.16. The van der Waals surface area contributed by atoms with E-state index in [-0.39, 0.29) is 12.2 Å². The molecule has 0 unspecified atom stereocenters. The van der Waals surface area contributed by atoms with E-state index in [4.69, 9.17) is 16.3 Å². The van der Waals surface area contributed by atoms with Crippen LogP contribution in [0.5, 0.6) is 0 Å². The zero-order valence-corrected chi connectivity index (χ0v) is 16.5. The number of halogens is 1. The van der Waals surface area contributed by atoms with Crippen LogP contribution in [0.4, 0.5) is 10.5 Å². The van der Waals surface area contributed by atoms with E-state index in [0.717, 1.165) is 11.1 Å². The summed E-state index contributed by atoms with van der Waals surface area (Å²) in [5, 5.41) is 3.52. The molecule has 0 bridgehead atoms. The first-order chi connectivity index (χ1) is 14.6. The molecule has 0 aliphatic carbocycles. The Morgan fingerprint density at radius 2 is 1.80 bits per heavy atom. The molecule has 1 N–H and O–H groups in total. The van der Waals surface area contributed by atoms with Crippen molar-refractivity contribution in [2.45, 2.75) is 13.2 Å². The maximum Gasteiger partial charge on any atom is 0.412 e. The fourth-order valence-corrected chi connectivity index (χ4v) is 3.02. The Morgan fingerprint density at radius 1 is 1.03 bits per heavy atom. The highest BCUT2D eigenvalue weighted by Crippen LogP contribution is 2.14. The number of benzene rings is 2. The lowest BCUT2D eigenvalue weighted by atomic mass is 10.2. The van der Waals surface area contributed by atoms with Gasteiger partial charge in [-0.3, -0.25) is 14.7 Å². The number of hydrogen-bond acceptors (Lipinski definition) is 5. The fourth-order valence-electron chi connectivity index (χ4n) is 2.89. The molecule has 0 saturated heterocycles. The molecule has 0 aliphatic rings. The largest absolute Gasteiger partial charge is 0.444 e. The average molecular weight is 421 g/mol. The highest BCUT2D eigenvalue weighted by molar-refractivity contribution is 6.30. The molecule has 2 aromatic heterocycles. The topological polar surface area (TPSA) is 86.1 Å².